The molecule has 1 aromatic carbocycles. The molecule has 4 N–H and O–H groups in total. The van der Waals surface area contributed by atoms with Gasteiger partial charge in [-0.2, -0.15) is 0 Å². The van der Waals surface area contributed by atoms with Gasteiger partial charge in [-0.05, 0) is 30.7 Å². The number of nitrogens with one attached hydrogen (secondary N) is 2. The molecule has 0 bridgehead atoms. The van der Waals surface area contributed by atoms with E-state index in [0.29, 0.717) is 5.69 Å². The first-order valence-electron chi connectivity index (χ1n) is 6.40. The molecule has 0 unspecified atom stereocenters. The van der Waals surface area contributed by atoms with Gasteiger partial charge in [-0.25, -0.2) is 0 Å². The van der Waals surface area contributed by atoms with E-state index in [2.05, 4.69) is 22.1 Å². The van der Waals surface area contributed by atoms with Gasteiger partial charge in [0.05, 0.1) is 6.54 Å². The number of aromatic nitrogens is 1. The summed E-state index contributed by atoms with van der Waals surface area (Å²) in [6, 6.07) is 9.93. The second kappa shape index (κ2) is 6.55. The second-order valence-electron chi connectivity index (χ2n) is 4.42. The number of H-pyrrole nitrogens is 1. The third-order valence-electron chi connectivity index (χ3n) is 2.83. The fourth-order valence-electron chi connectivity index (χ4n) is 1.76. The monoisotopic (exact) mass is 281 g/mol. The third-order valence-corrected chi connectivity index (χ3v) is 2.83. The first-order chi connectivity index (χ1) is 10.1. The summed E-state index contributed by atoms with van der Waals surface area (Å²) >= 11 is 0. The van der Waals surface area contributed by atoms with Crippen LogP contribution in [0.15, 0.2) is 41.2 Å². The summed E-state index contributed by atoms with van der Waals surface area (Å²) in [7, 11) is 0. The molecular formula is C16H15N3O2. The number of amides is 1. The standard InChI is InChI=1S/C16H15N3O2/c1-11-7-8-12(4-3-9-17)10-14(11)19-16(21)13-5-2-6-15(20)18-13/h2,5-8,10H,9,17H2,1H3,(H,18,20)(H,19,21). The van der Waals surface area contributed by atoms with Crippen molar-refractivity contribution in [1.82, 2.24) is 4.98 Å². The van der Waals surface area contributed by atoms with E-state index in [1.54, 1.807) is 12.1 Å². The lowest BCUT2D eigenvalue weighted by Gasteiger charge is -2.08. The van der Waals surface area contributed by atoms with Gasteiger partial charge in [0, 0.05) is 17.3 Å². The Balaban J connectivity index is 2.26. The van der Waals surface area contributed by atoms with Crippen LogP contribution in [-0.2, 0) is 0 Å². The quantitative estimate of drug-likeness (QED) is 0.724. The van der Waals surface area contributed by atoms with Crippen LogP contribution in [0.1, 0.15) is 21.6 Å². The number of hydrogen-bond acceptors (Lipinski definition) is 3. The largest absolute Gasteiger partial charge is 0.320 e. The highest BCUT2D eigenvalue weighted by Crippen LogP contribution is 2.17. The lowest BCUT2D eigenvalue weighted by molar-refractivity contribution is 0.102. The molecule has 5 heteroatoms. The van der Waals surface area contributed by atoms with Crippen LogP contribution in [0.4, 0.5) is 5.69 Å². The average molecular weight is 281 g/mol. The summed E-state index contributed by atoms with van der Waals surface area (Å²) < 4.78 is 0. The van der Waals surface area contributed by atoms with E-state index in [9.17, 15) is 9.59 Å². The predicted octanol–water partition coefficient (Wildman–Crippen LogP) is 1.25. The molecule has 2 aromatic rings. The van der Waals surface area contributed by atoms with E-state index in [1.165, 1.54) is 12.1 Å². The maximum absolute atomic E-state index is 12.1. The Bertz CT molecular complexity index is 782. The number of rotatable bonds is 2. The zero-order valence-electron chi connectivity index (χ0n) is 11.6. The summed E-state index contributed by atoms with van der Waals surface area (Å²) in [6.45, 7) is 2.16. The van der Waals surface area contributed by atoms with Gasteiger partial charge in [0.2, 0.25) is 5.56 Å². The van der Waals surface area contributed by atoms with Crippen LogP contribution in [0.5, 0.6) is 0 Å². The van der Waals surface area contributed by atoms with E-state index < -0.39 is 0 Å². The highest BCUT2D eigenvalue weighted by atomic mass is 16.2. The first-order valence-corrected chi connectivity index (χ1v) is 6.40. The van der Waals surface area contributed by atoms with Crippen LogP contribution in [0, 0.1) is 18.8 Å². The van der Waals surface area contributed by atoms with Gasteiger partial charge < -0.3 is 16.0 Å². The van der Waals surface area contributed by atoms with Crippen LogP contribution in [0.25, 0.3) is 0 Å². The maximum Gasteiger partial charge on any atom is 0.272 e. The van der Waals surface area contributed by atoms with Gasteiger partial charge in [0.15, 0.2) is 0 Å². The lowest BCUT2D eigenvalue weighted by Crippen LogP contribution is -2.18. The van der Waals surface area contributed by atoms with Crippen molar-refractivity contribution in [3.05, 3.63) is 63.6 Å². The summed E-state index contributed by atoms with van der Waals surface area (Å²) in [4.78, 5) is 25.8. The van der Waals surface area contributed by atoms with Crippen molar-refractivity contribution in [2.45, 2.75) is 6.92 Å². The van der Waals surface area contributed by atoms with Gasteiger partial charge in [-0.15, -0.1) is 0 Å². The van der Waals surface area contributed by atoms with E-state index in [1.807, 2.05) is 19.1 Å². The third kappa shape index (κ3) is 3.81. The number of aromatic amines is 1. The van der Waals surface area contributed by atoms with Gasteiger partial charge in [-0.3, -0.25) is 9.59 Å². The zero-order valence-corrected chi connectivity index (χ0v) is 11.6. The highest BCUT2D eigenvalue weighted by molar-refractivity contribution is 6.03. The molecule has 0 spiro atoms. The van der Waals surface area contributed by atoms with Gasteiger partial charge in [0.1, 0.15) is 5.69 Å². The smallest absolute Gasteiger partial charge is 0.272 e. The molecule has 0 saturated heterocycles. The topological polar surface area (TPSA) is 88.0 Å². The molecule has 5 nitrogen and oxygen atoms in total. The van der Waals surface area contributed by atoms with Crippen molar-refractivity contribution < 1.29 is 4.79 Å². The van der Waals surface area contributed by atoms with Crippen molar-refractivity contribution in [3.63, 3.8) is 0 Å². The minimum Gasteiger partial charge on any atom is -0.320 e. The fraction of sp³-hybridized carbons (Fsp3) is 0.125. The molecule has 0 aliphatic heterocycles. The Hall–Kier alpha value is -2.84. The van der Waals surface area contributed by atoms with Gasteiger partial charge >= 0.3 is 0 Å². The molecule has 0 fully saturated rings. The number of anilines is 1. The maximum atomic E-state index is 12.1. The summed E-state index contributed by atoms with van der Waals surface area (Å²) in [5.74, 6) is 5.30. The lowest BCUT2D eigenvalue weighted by atomic mass is 10.1. The van der Waals surface area contributed by atoms with Gasteiger partial charge in [0.25, 0.3) is 5.91 Å². The first kappa shape index (κ1) is 14.6. The van der Waals surface area contributed by atoms with E-state index in [0.717, 1.165) is 11.1 Å². The SMILES string of the molecule is Cc1ccc(C#CCN)cc1NC(=O)c1cccc(=O)[nH]1. The number of aryl methyl sites for hydroxylation is 1. The van der Waals surface area contributed by atoms with Crippen molar-refractivity contribution in [1.29, 1.82) is 0 Å². The molecule has 1 amide bonds. The Labute approximate surface area is 122 Å². The zero-order chi connectivity index (χ0) is 15.2. The Morgan fingerprint density at radius 2 is 2.14 bits per heavy atom. The average Bonchev–Trinajstić information content (AvgIpc) is 2.48. The van der Waals surface area contributed by atoms with Crippen LogP contribution in [0.2, 0.25) is 0 Å². The van der Waals surface area contributed by atoms with Crippen molar-refractivity contribution >= 4 is 11.6 Å². The minimum absolute atomic E-state index is 0.209. The molecule has 1 aromatic heterocycles. The van der Waals surface area contributed by atoms with E-state index >= 15 is 0 Å². The normalized spacial score (nSPS) is 9.62. The predicted molar refractivity (Wildman–Crippen MR) is 82.1 cm³/mol. The van der Waals surface area contributed by atoms with Gasteiger partial charge in [-0.1, -0.05) is 24.0 Å². The summed E-state index contributed by atoms with van der Waals surface area (Å²) in [5, 5.41) is 2.76. The van der Waals surface area contributed by atoms with Crippen molar-refractivity contribution in [2.75, 3.05) is 11.9 Å². The summed E-state index contributed by atoms with van der Waals surface area (Å²) in [5.41, 5.74) is 7.55. The minimum atomic E-state index is -0.375. The molecule has 2 rings (SSSR count). The number of carbonyl (C=O) groups is 1. The molecule has 0 aliphatic rings. The molecule has 106 valence electrons. The Morgan fingerprint density at radius 3 is 2.86 bits per heavy atom. The molecule has 0 atom stereocenters. The molecular weight excluding hydrogens is 266 g/mol. The number of pyridine rings is 1. The number of hydrogen-bond donors (Lipinski definition) is 3. The second-order valence-corrected chi connectivity index (χ2v) is 4.42. The molecule has 0 aliphatic carbocycles. The van der Waals surface area contributed by atoms with Crippen LogP contribution in [-0.4, -0.2) is 17.4 Å². The van der Waals surface area contributed by atoms with E-state index in [4.69, 9.17) is 5.73 Å². The molecule has 0 radical (unpaired) electrons. The summed E-state index contributed by atoms with van der Waals surface area (Å²) in [6.07, 6.45) is 0. The van der Waals surface area contributed by atoms with Crippen LogP contribution in [0.3, 0.4) is 0 Å². The molecule has 21 heavy (non-hydrogen) atoms. The molecule has 0 saturated carbocycles. The number of benzene rings is 1. The Morgan fingerprint density at radius 1 is 1.33 bits per heavy atom. The molecule has 1 heterocycles. The van der Waals surface area contributed by atoms with E-state index in [-0.39, 0.29) is 23.7 Å². The van der Waals surface area contributed by atoms with Crippen molar-refractivity contribution in [2.24, 2.45) is 5.73 Å². The highest BCUT2D eigenvalue weighted by Gasteiger charge is 2.08. The number of carbonyl (C=O) groups excluding carboxylic acids is 1. The van der Waals surface area contributed by atoms with Crippen LogP contribution >= 0.6 is 0 Å². The Kier molecular flexibility index (Phi) is 4.54. The number of nitrogens with two attached hydrogens (primary N) is 1. The fourth-order valence-corrected chi connectivity index (χ4v) is 1.76. The van der Waals surface area contributed by atoms with Crippen LogP contribution < -0.4 is 16.6 Å². The van der Waals surface area contributed by atoms with Crippen molar-refractivity contribution in [3.8, 4) is 11.8 Å².